The average molecular weight is 454 g/mol. The van der Waals surface area contributed by atoms with Crippen LogP contribution in [0.25, 0.3) is 11.0 Å². The number of aromatic nitrogens is 2. The molecule has 34 heavy (non-hydrogen) atoms. The standard InChI is InChI=1S/C28H27N3O3/c1-3-34-27(33)24-25(21-13-9-10-19(2)18-21)31-23-15-8-7-14-22(23)29-28(31)30(26(24)32)17-16-20-11-5-4-6-12-20/h4-15,18,24-25H,3,16-17H2,1-2H3/t24-,25+/m1/s1. The van der Waals surface area contributed by atoms with Crippen molar-refractivity contribution in [2.24, 2.45) is 5.92 Å². The minimum absolute atomic E-state index is 0.213. The number of hydrogen-bond acceptors (Lipinski definition) is 4. The van der Waals surface area contributed by atoms with Gasteiger partial charge in [0.1, 0.15) is 0 Å². The highest BCUT2D eigenvalue weighted by molar-refractivity contribution is 6.08. The summed E-state index contributed by atoms with van der Waals surface area (Å²) in [7, 11) is 0. The fraction of sp³-hybridized carbons (Fsp3) is 0.250. The van der Waals surface area contributed by atoms with Crippen LogP contribution < -0.4 is 4.90 Å². The summed E-state index contributed by atoms with van der Waals surface area (Å²) in [6, 6.07) is 25.2. The van der Waals surface area contributed by atoms with E-state index in [9.17, 15) is 9.59 Å². The lowest BCUT2D eigenvalue weighted by atomic mass is 9.88. The number of ether oxygens (including phenoxy) is 1. The van der Waals surface area contributed by atoms with E-state index in [2.05, 4.69) is 0 Å². The van der Waals surface area contributed by atoms with Crippen LogP contribution in [-0.2, 0) is 20.7 Å². The number of anilines is 1. The van der Waals surface area contributed by atoms with Crippen molar-refractivity contribution in [2.75, 3.05) is 18.1 Å². The molecule has 0 radical (unpaired) electrons. The van der Waals surface area contributed by atoms with Crippen LogP contribution in [0.1, 0.15) is 29.7 Å². The van der Waals surface area contributed by atoms with E-state index in [-0.39, 0.29) is 12.5 Å². The number of hydrogen-bond donors (Lipinski definition) is 0. The highest BCUT2D eigenvalue weighted by Crippen LogP contribution is 2.41. The first kappa shape index (κ1) is 21.9. The number of rotatable bonds is 6. The molecule has 6 nitrogen and oxygen atoms in total. The number of esters is 1. The Bertz CT molecular complexity index is 1350. The molecule has 0 saturated heterocycles. The molecule has 1 aliphatic heterocycles. The first-order valence-corrected chi connectivity index (χ1v) is 11.6. The number of fused-ring (bicyclic) bond motifs is 3. The zero-order valence-electron chi connectivity index (χ0n) is 19.3. The second kappa shape index (κ2) is 9.14. The number of carbonyl (C=O) groups is 2. The number of nitrogens with zero attached hydrogens (tertiary/aromatic N) is 3. The van der Waals surface area contributed by atoms with Crippen LogP contribution in [0.2, 0.25) is 0 Å². The minimum atomic E-state index is -0.998. The van der Waals surface area contributed by atoms with Crippen LogP contribution in [0.15, 0.2) is 78.9 Å². The van der Waals surface area contributed by atoms with Gasteiger partial charge in [0.25, 0.3) is 0 Å². The Labute approximate surface area is 198 Å². The number of aryl methyl sites for hydroxylation is 1. The van der Waals surface area contributed by atoms with Gasteiger partial charge in [-0.15, -0.1) is 0 Å². The largest absolute Gasteiger partial charge is 0.465 e. The Morgan fingerprint density at radius 1 is 1.00 bits per heavy atom. The fourth-order valence-corrected chi connectivity index (χ4v) is 4.80. The number of amides is 1. The molecule has 0 unspecified atom stereocenters. The lowest BCUT2D eigenvalue weighted by Crippen LogP contribution is -2.50. The Morgan fingerprint density at radius 3 is 2.53 bits per heavy atom. The van der Waals surface area contributed by atoms with E-state index in [4.69, 9.17) is 9.72 Å². The first-order chi connectivity index (χ1) is 16.6. The van der Waals surface area contributed by atoms with Crippen LogP contribution >= 0.6 is 0 Å². The molecule has 1 aromatic heterocycles. The molecule has 0 fully saturated rings. The SMILES string of the molecule is CCOC(=O)[C@H]1C(=O)N(CCc2ccccc2)c2nc3ccccc3n2[C@H]1c1cccc(C)c1. The fourth-order valence-electron chi connectivity index (χ4n) is 4.80. The Kier molecular flexibility index (Phi) is 5.88. The summed E-state index contributed by atoms with van der Waals surface area (Å²) in [5.41, 5.74) is 4.74. The molecular weight excluding hydrogens is 426 g/mol. The van der Waals surface area contributed by atoms with E-state index < -0.39 is 17.9 Å². The van der Waals surface area contributed by atoms with E-state index in [1.54, 1.807) is 11.8 Å². The van der Waals surface area contributed by atoms with Crippen molar-refractivity contribution in [3.05, 3.63) is 95.6 Å². The van der Waals surface area contributed by atoms with Crippen molar-refractivity contribution in [3.63, 3.8) is 0 Å². The van der Waals surface area contributed by atoms with Crippen molar-refractivity contribution >= 4 is 28.9 Å². The third-order valence-corrected chi connectivity index (χ3v) is 6.34. The molecule has 1 amide bonds. The molecular formula is C28H27N3O3. The summed E-state index contributed by atoms with van der Waals surface area (Å²) >= 11 is 0. The lowest BCUT2D eigenvalue weighted by molar-refractivity contribution is -0.153. The van der Waals surface area contributed by atoms with Crippen LogP contribution in [0, 0.1) is 12.8 Å². The lowest BCUT2D eigenvalue weighted by Gasteiger charge is -2.38. The van der Waals surface area contributed by atoms with Crippen molar-refractivity contribution in [2.45, 2.75) is 26.3 Å². The van der Waals surface area contributed by atoms with E-state index in [1.807, 2.05) is 90.4 Å². The quantitative estimate of drug-likeness (QED) is 0.314. The molecule has 6 heteroatoms. The number of carbonyl (C=O) groups excluding carboxylic acids is 2. The predicted octanol–water partition coefficient (Wildman–Crippen LogP) is 4.70. The number of benzene rings is 3. The molecule has 5 rings (SSSR count). The maximum Gasteiger partial charge on any atom is 0.321 e. The van der Waals surface area contributed by atoms with E-state index in [0.717, 1.165) is 27.7 Å². The number of imidazole rings is 1. The second-order valence-corrected chi connectivity index (χ2v) is 8.58. The monoisotopic (exact) mass is 453 g/mol. The summed E-state index contributed by atoms with van der Waals surface area (Å²) in [4.78, 5) is 33.7. The van der Waals surface area contributed by atoms with Gasteiger partial charge in [-0.3, -0.25) is 14.5 Å². The summed E-state index contributed by atoms with van der Waals surface area (Å²) in [6.07, 6.45) is 0.653. The zero-order valence-corrected chi connectivity index (χ0v) is 19.3. The van der Waals surface area contributed by atoms with Gasteiger partial charge >= 0.3 is 5.97 Å². The molecule has 1 aliphatic rings. The third kappa shape index (κ3) is 3.85. The first-order valence-electron chi connectivity index (χ1n) is 11.6. The molecule has 0 aliphatic carbocycles. The van der Waals surface area contributed by atoms with E-state index >= 15 is 0 Å². The van der Waals surface area contributed by atoms with Crippen LogP contribution in [0.3, 0.4) is 0 Å². The van der Waals surface area contributed by atoms with Crippen LogP contribution in [0.5, 0.6) is 0 Å². The molecule has 0 N–H and O–H groups in total. The number of para-hydroxylation sites is 2. The maximum atomic E-state index is 13.9. The summed E-state index contributed by atoms with van der Waals surface area (Å²) < 4.78 is 7.47. The predicted molar refractivity (Wildman–Crippen MR) is 132 cm³/mol. The van der Waals surface area contributed by atoms with Gasteiger partial charge in [-0.2, -0.15) is 0 Å². The Morgan fingerprint density at radius 2 is 1.76 bits per heavy atom. The average Bonchev–Trinajstić information content (AvgIpc) is 3.22. The normalized spacial score (nSPS) is 17.6. The van der Waals surface area contributed by atoms with Gasteiger partial charge in [-0.25, -0.2) is 4.98 Å². The Balaban J connectivity index is 1.69. The summed E-state index contributed by atoms with van der Waals surface area (Å²) in [5.74, 6) is -1.22. The van der Waals surface area contributed by atoms with Gasteiger partial charge in [0.05, 0.1) is 23.7 Å². The van der Waals surface area contributed by atoms with E-state index in [1.165, 1.54) is 0 Å². The third-order valence-electron chi connectivity index (χ3n) is 6.34. The molecule has 4 aromatic rings. The van der Waals surface area contributed by atoms with Gasteiger partial charge in [-0.05, 0) is 43.5 Å². The zero-order chi connectivity index (χ0) is 23.7. The van der Waals surface area contributed by atoms with Gasteiger partial charge in [0.2, 0.25) is 11.9 Å². The topological polar surface area (TPSA) is 64.4 Å². The minimum Gasteiger partial charge on any atom is -0.465 e. The van der Waals surface area contributed by atoms with Gasteiger partial charge in [0.15, 0.2) is 5.92 Å². The molecule has 0 bridgehead atoms. The van der Waals surface area contributed by atoms with Gasteiger partial charge in [-0.1, -0.05) is 72.3 Å². The van der Waals surface area contributed by atoms with E-state index in [0.29, 0.717) is 18.9 Å². The van der Waals surface area contributed by atoms with Gasteiger partial charge in [0, 0.05) is 6.54 Å². The Hall–Kier alpha value is -3.93. The molecule has 2 atom stereocenters. The van der Waals surface area contributed by atoms with Crippen LogP contribution in [-0.4, -0.2) is 34.6 Å². The second-order valence-electron chi connectivity index (χ2n) is 8.58. The molecule has 0 spiro atoms. The van der Waals surface area contributed by atoms with Crippen molar-refractivity contribution in [1.29, 1.82) is 0 Å². The highest BCUT2D eigenvalue weighted by Gasteiger charge is 2.47. The molecule has 172 valence electrons. The van der Waals surface area contributed by atoms with Crippen molar-refractivity contribution in [3.8, 4) is 0 Å². The smallest absolute Gasteiger partial charge is 0.321 e. The van der Waals surface area contributed by atoms with Gasteiger partial charge < -0.3 is 9.30 Å². The highest BCUT2D eigenvalue weighted by atomic mass is 16.5. The molecule has 2 heterocycles. The maximum absolute atomic E-state index is 13.9. The van der Waals surface area contributed by atoms with Crippen molar-refractivity contribution < 1.29 is 14.3 Å². The van der Waals surface area contributed by atoms with Crippen LogP contribution in [0.4, 0.5) is 5.95 Å². The summed E-state index contributed by atoms with van der Waals surface area (Å²) in [5, 5.41) is 0. The molecule has 3 aromatic carbocycles. The molecule has 0 saturated carbocycles. The summed E-state index contributed by atoms with van der Waals surface area (Å²) in [6.45, 7) is 4.40. The van der Waals surface area contributed by atoms with Crippen molar-refractivity contribution in [1.82, 2.24) is 9.55 Å².